The van der Waals surface area contributed by atoms with Crippen molar-refractivity contribution in [1.29, 1.82) is 0 Å². The summed E-state index contributed by atoms with van der Waals surface area (Å²) in [5.41, 5.74) is 7.65. The van der Waals surface area contributed by atoms with Gasteiger partial charge in [0.1, 0.15) is 5.75 Å². The van der Waals surface area contributed by atoms with Gasteiger partial charge in [-0.15, -0.1) is 0 Å². The SMILES string of the molecule is COc1ccc(Cl)cc1CC(N)C1(C)CC1. The predicted octanol–water partition coefficient (Wildman–Crippen LogP) is 3.02. The highest BCUT2D eigenvalue weighted by Gasteiger charge is 2.42. The molecule has 3 heteroatoms. The second-order valence-corrected chi connectivity index (χ2v) is 5.36. The molecular formula is C13H18ClNO. The van der Waals surface area contributed by atoms with E-state index in [-0.39, 0.29) is 6.04 Å². The maximum atomic E-state index is 6.22. The Hall–Kier alpha value is -0.730. The van der Waals surface area contributed by atoms with Crippen molar-refractivity contribution in [3.05, 3.63) is 28.8 Å². The van der Waals surface area contributed by atoms with Crippen LogP contribution in [0.15, 0.2) is 18.2 Å². The van der Waals surface area contributed by atoms with Gasteiger partial charge in [0.15, 0.2) is 0 Å². The standard InChI is InChI=1S/C13H18ClNO/c1-13(5-6-13)12(15)8-9-7-10(14)3-4-11(9)16-2/h3-4,7,12H,5-6,8,15H2,1-2H3. The molecule has 2 rings (SSSR count). The average Bonchev–Trinajstić information content (AvgIpc) is 2.98. The largest absolute Gasteiger partial charge is 0.496 e. The minimum Gasteiger partial charge on any atom is -0.496 e. The van der Waals surface area contributed by atoms with Crippen LogP contribution in [0.1, 0.15) is 25.3 Å². The van der Waals surface area contributed by atoms with Gasteiger partial charge in [0.05, 0.1) is 7.11 Å². The molecule has 1 atom stereocenters. The Morgan fingerprint density at radius 2 is 2.19 bits per heavy atom. The van der Waals surface area contributed by atoms with Crippen molar-refractivity contribution in [1.82, 2.24) is 0 Å². The van der Waals surface area contributed by atoms with E-state index in [1.54, 1.807) is 7.11 Å². The fourth-order valence-electron chi connectivity index (χ4n) is 1.96. The van der Waals surface area contributed by atoms with Crippen molar-refractivity contribution in [2.24, 2.45) is 11.1 Å². The number of rotatable bonds is 4. The number of nitrogens with two attached hydrogens (primary N) is 1. The Labute approximate surface area is 102 Å². The summed E-state index contributed by atoms with van der Waals surface area (Å²) in [6.45, 7) is 2.24. The van der Waals surface area contributed by atoms with Gasteiger partial charge in [-0.25, -0.2) is 0 Å². The van der Waals surface area contributed by atoms with Crippen LogP contribution in [0.3, 0.4) is 0 Å². The lowest BCUT2D eigenvalue weighted by molar-refractivity contribution is 0.394. The van der Waals surface area contributed by atoms with Gasteiger partial charge in [-0.2, -0.15) is 0 Å². The van der Waals surface area contributed by atoms with Crippen LogP contribution in [0, 0.1) is 5.41 Å². The Kier molecular flexibility index (Phi) is 3.13. The summed E-state index contributed by atoms with van der Waals surface area (Å²) >= 11 is 5.99. The predicted molar refractivity (Wildman–Crippen MR) is 67.0 cm³/mol. The summed E-state index contributed by atoms with van der Waals surface area (Å²) in [7, 11) is 1.68. The van der Waals surface area contributed by atoms with E-state index in [0.29, 0.717) is 5.41 Å². The van der Waals surface area contributed by atoms with Gasteiger partial charge >= 0.3 is 0 Å². The molecule has 0 aliphatic heterocycles. The normalized spacial score (nSPS) is 19.2. The molecule has 0 aromatic heterocycles. The fourth-order valence-corrected chi connectivity index (χ4v) is 2.15. The minimum absolute atomic E-state index is 0.194. The first-order valence-corrected chi connectivity index (χ1v) is 6.01. The van der Waals surface area contributed by atoms with Crippen LogP contribution < -0.4 is 10.5 Å². The number of hydrogen-bond acceptors (Lipinski definition) is 2. The Balaban J connectivity index is 2.16. The molecule has 0 spiro atoms. The molecule has 0 heterocycles. The van der Waals surface area contributed by atoms with Crippen LogP contribution in [0.25, 0.3) is 0 Å². The molecule has 88 valence electrons. The number of halogens is 1. The zero-order chi connectivity index (χ0) is 11.8. The Bertz CT molecular complexity index is 388. The summed E-state index contributed by atoms with van der Waals surface area (Å²) in [4.78, 5) is 0. The molecule has 0 radical (unpaired) electrons. The molecule has 1 fully saturated rings. The lowest BCUT2D eigenvalue weighted by Crippen LogP contribution is -2.32. The lowest BCUT2D eigenvalue weighted by atomic mass is 9.93. The van der Waals surface area contributed by atoms with Crippen LogP contribution >= 0.6 is 11.6 Å². The molecule has 1 aliphatic carbocycles. The molecule has 16 heavy (non-hydrogen) atoms. The molecule has 1 aliphatic rings. The monoisotopic (exact) mass is 239 g/mol. The minimum atomic E-state index is 0.194. The first kappa shape index (κ1) is 11.7. The first-order chi connectivity index (χ1) is 7.55. The topological polar surface area (TPSA) is 35.2 Å². The quantitative estimate of drug-likeness (QED) is 0.877. The highest BCUT2D eigenvalue weighted by molar-refractivity contribution is 6.30. The van der Waals surface area contributed by atoms with E-state index < -0.39 is 0 Å². The van der Waals surface area contributed by atoms with Crippen molar-refractivity contribution < 1.29 is 4.74 Å². The van der Waals surface area contributed by atoms with Crippen molar-refractivity contribution in [3.8, 4) is 5.75 Å². The summed E-state index contributed by atoms with van der Waals surface area (Å²) in [5, 5.41) is 0.740. The molecule has 1 aromatic rings. The maximum absolute atomic E-state index is 6.22. The van der Waals surface area contributed by atoms with E-state index >= 15 is 0 Å². The molecule has 0 bridgehead atoms. The third kappa shape index (κ3) is 2.33. The molecular weight excluding hydrogens is 222 g/mol. The first-order valence-electron chi connectivity index (χ1n) is 5.63. The molecule has 1 aromatic carbocycles. The number of benzene rings is 1. The van der Waals surface area contributed by atoms with E-state index in [2.05, 4.69) is 6.92 Å². The zero-order valence-electron chi connectivity index (χ0n) is 9.79. The van der Waals surface area contributed by atoms with Crippen LogP contribution in [-0.4, -0.2) is 13.2 Å². The van der Waals surface area contributed by atoms with Gasteiger partial charge < -0.3 is 10.5 Å². The van der Waals surface area contributed by atoms with Crippen molar-refractivity contribution in [2.75, 3.05) is 7.11 Å². The second-order valence-electron chi connectivity index (χ2n) is 4.92. The average molecular weight is 240 g/mol. The van der Waals surface area contributed by atoms with Crippen LogP contribution in [0.4, 0.5) is 0 Å². The number of ether oxygens (including phenoxy) is 1. The van der Waals surface area contributed by atoms with E-state index in [1.165, 1.54) is 12.8 Å². The summed E-state index contributed by atoms with van der Waals surface area (Å²) < 4.78 is 5.32. The van der Waals surface area contributed by atoms with Crippen LogP contribution in [-0.2, 0) is 6.42 Å². The summed E-state index contributed by atoms with van der Waals surface area (Å²) in [6.07, 6.45) is 3.30. The van der Waals surface area contributed by atoms with Gasteiger partial charge in [0.2, 0.25) is 0 Å². The smallest absolute Gasteiger partial charge is 0.122 e. The summed E-state index contributed by atoms with van der Waals surface area (Å²) in [5.74, 6) is 0.879. The molecule has 0 amide bonds. The lowest BCUT2D eigenvalue weighted by Gasteiger charge is -2.20. The van der Waals surface area contributed by atoms with Crippen LogP contribution in [0.2, 0.25) is 5.02 Å². The second kappa shape index (κ2) is 4.27. The van der Waals surface area contributed by atoms with Crippen molar-refractivity contribution in [2.45, 2.75) is 32.2 Å². The maximum Gasteiger partial charge on any atom is 0.122 e. The summed E-state index contributed by atoms with van der Waals surface area (Å²) in [6, 6.07) is 5.89. The van der Waals surface area contributed by atoms with E-state index in [4.69, 9.17) is 22.1 Å². The third-order valence-electron chi connectivity index (χ3n) is 3.62. The zero-order valence-corrected chi connectivity index (χ0v) is 10.6. The molecule has 2 nitrogen and oxygen atoms in total. The van der Waals surface area contributed by atoms with Gasteiger partial charge in [-0.05, 0) is 48.4 Å². The molecule has 2 N–H and O–H groups in total. The number of methoxy groups -OCH3 is 1. The number of hydrogen-bond donors (Lipinski definition) is 1. The van der Waals surface area contributed by atoms with Gasteiger partial charge in [-0.3, -0.25) is 0 Å². The van der Waals surface area contributed by atoms with Crippen LogP contribution in [0.5, 0.6) is 5.75 Å². The van der Waals surface area contributed by atoms with Crippen molar-refractivity contribution in [3.63, 3.8) is 0 Å². The highest BCUT2D eigenvalue weighted by Crippen LogP contribution is 2.48. The van der Waals surface area contributed by atoms with Gasteiger partial charge in [0.25, 0.3) is 0 Å². The van der Waals surface area contributed by atoms with E-state index in [0.717, 1.165) is 22.8 Å². The van der Waals surface area contributed by atoms with Gasteiger partial charge in [0, 0.05) is 11.1 Å². The van der Waals surface area contributed by atoms with Gasteiger partial charge in [-0.1, -0.05) is 18.5 Å². The van der Waals surface area contributed by atoms with Crippen molar-refractivity contribution >= 4 is 11.6 Å². The molecule has 0 saturated heterocycles. The highest BCUT2D eigenvalue weighted by atomic mass is 35.5. The molecule has 1 saturated carbocycles. The van der Waals surface area contributed by atoms with E-state index in [9.17, 15) is 0 Å². The third-order valence-corrected chi connectivity index (χ3v) is 3.85. The van der Waals surface area contributed by atoms with E-state index in [1.807, 2.05) is 18.2 Å². The fraction of sp³-hybridized carbons (Fsp3) is 0.538. The Morgan fingerprint density at radius 3 is 2.75 bits per heavy atom. The molecule has 1 unspecified atom stereocenters. The Morgan fingerprint density at radius 1 is 1.50 bits per heavy atom.